The van der Waals surface area contributed by atoms with E-state index in [2.05, 4.69) is 46.9 Å². The number of esters is 2. The summed E-state index contributed by atoms with van der Waals surface area (Å²) in [6.07, 6.45) is 5.58. The van der Waals surface area contributed by atoms with E-state index in [-0.39, 0.29) is 24.7 Å². The van der Waals surface area contributed by atoms with Gasteiger partial charge in [0.25, 0.3) is 0 Å². The second-order valence-electron chi connectivity index (χ2n) is 10.3. The molecule has 6 unspecified atom stereocenters. The van der Waals surface area contributed by atoms with E-state index in [9.17, 15) is 14.4 Å². The molecule has 0 heterocycles. The van der Waals surface area contributed by atoms with E-state index in [4.69, 9.17) is 9.47 Å². The van der Waals surface area contributed by atoms with Crippen LogP contribution < -0.4 is 5.32 Å². The zero-order valence-electron chi connectivity index (χ0n) is 19.6. The highest BCUT2D eigenvalue weighted by molar-refractivity contribution is 6.32. The zero-order valence-corrected chi connectivity index (χ0v) is 19.6. The van der Waals surface area contributed by atoms with Gasteiger partial charge in [0.15, 0.2) is 0 Å². The monoisotopic (exact) mass is 423 g/mol. The molecule has 172 valence electrons. The number of amides is 1. The standard InChI is InChI=1S/C24H41NO5/c1-14(2)18-9-7-16(5)11-20(18)29-22(26)13-25-23(27)24(28)30-21-12-17(6)8-10-19(21)15(3)4/h14-21H,7-13H2,1-6H3,(H,25,27). The Morgan fingerprint density at radius 1 is 0.800 bits per heavy atom. The van der Waals surface area contributed by atoms with Crippen molar-refractivity contribution in [1.29, 1.82) is 0 Å². The maximum atomic E-state index is 12.3. The van der Waals surface area contributed by atoms with E-state index in [1.165, 1.54) is 0 Å². The first-order chi connectivity index (χ1) is 14.1. The van der Waals surface area contributed by atoms with Crippen LogP contribution in [0.5, 0.6) is 0 Å². The summed E-state index contributed by atoms with van der Waals surface area (Å²) in [6.45, 7) is 12.5. The van der Waals surface area contributed by atoms with Gasteiger partial charge in [0.2, 0.25) is 0 Å². The summed E-state index contributed by atoms with van der Waals surface area (Å²) < 4.78 is 11.2. The minimum Gasteiger partial charge on any atom is -0.461 e. The molecule has 30 heavy (non-hydrogen) atoms. The lowest BCUT2D eigenvalue weighted by molar-refractivity contribution is -0.165. The van der Waals surface area contributed by atoms with Crippen LogP contribution in [-0.2, 0) is 23.9 Å². The van der Waals surface area contributed by atoms with Gasteiger partial charge in [-0.05, 0) is 61.2 Å². The largest absolute Gasteiger partial charge is 0.461 e. The third kappa shape index (κ3) is 6.98. The molecule has 6 nitrogen and oxygen atoms in total. The fourth-order valence-corrected chi connectivity index (χ4v) is 5.13. The van der Waals surface area contributed by atoms with E-state index in [1.54, 1.807) is 0 Å². The summed E-state index contributed by atoms with van der Waals surface area (Å²) >= 11 is 0. The number of hydrogen-bond acceptors (Lipinski definition) is 5. The lowest BCUT2D eigenvalue weighted by Gasteiger charge is -2.36. The highest BCUT2D eigenvalue weighted by atomic mass is 16.6. The zero-order chi connectivity index (χ0) is 22.4. The number of ether oxygens (including phenoxy) is 2. The van der Waals surface area contributed by atoms with Crippen LogP contribution in [0.15, 0.2) is 0 Å². The molecule has 0 radical (unpaired) electrons. The lowest BCUT2D eigenvalue weighted by atomic mass is 9.75. The van der Waals surface area contributed by atoms with Crippen molar-refractivity contribution in [3.63, 3.8) is 0 Å². The van der Waals surface area contributed by atoms with Crippen molar-refractivity contribution in [1.82, 2.24) is 5.32 Å². The third-order valence-corrected chi connectivity index (χ3v) is 7.04. The average molecular weight is 424 g/mol. The van der Waals surface area contributed by atoms with Crippen LogP contribution >= 0.6 is 0 Å². The van der Waals surface area contributed by atoms with Gasteiger partial charge in [-0.1, -0.05) is 54.4 Å². The van der Waals surface area contributed by atoms with Crippen molar-refractivity contribution in [3.05, 3.63) is 0 Å². The van der Waals surface area contributed by atoms with Crippen molar-refractivity contribution in [2.75, 3.05) is 6.54 Å². The number of nitrogens with one attached hydrogen (secondary N) is 1. The Bertz CT molecular complexity index is 602. The molecule has 6 heteroatoms. The fraction of sp³-hybridized carbons (Fsp3) is 0.875. The molecule has 1 amide bonds. The molecule has 2 fully saturated rings. The van der Waals surface area contributed by atoms with Gasteiger partial charge in [0.1, 0.15) is 18.8 Å². The van der Waals surface area contributed by atoms with Crippen LogP contribution in [0, 0.1) is 35.5 Å². The molecule has 2 rings (SSSR count). The molecule has 0 aromatic carbocycles. The minimum atomic E-state index is -0.904. The van der Waals surface area contributed by atoms with Crippen LogP contribution in [0.25, 0.3) is 0 Å². The highest BCUT2D eigenvalue weighted by Gasteiger charge is 2.36. The van der Waals surface area contributed by atoms with Crippen molar-refractivity contribution in [2.24, 2.45) is 35.5 Å². The molecule has 6 atom stereocenters. The summed E-state index contributed by atoms with van der Waals surface area (Å²) in [5.74, 6) is 0.163. The SMILES string of the molecule is CC1CCC(C(C)C)C(OC(=O)CNC(=O)C(=O)OC2CC(C)CCC2C(C)C)C1. The molecule has 2 saturated carbocycles. The maximum absolute atomic E-state index is 12.3. The van der Waals surface area contributed by atoms with Gasteiger partial charge in [0, 0.05) is 0 Å². The Morgan fingerprint density at radius 2 is 1.27 bits per heavy atom. The van der Waals surface area contributed by atoms with E-state index in [1.807, 2.05) is 0 Å². The first-order valence-electron chi connectivity index (χ1n) is 11.8. The predicted molar refractivity (Wildman–Crippen MR) is 115 cm³/mol. The van der Waals surface area contributed by atoms with Crippen LogP contribution in [0.1, 0.15) is 80.1 Å². The predicted octanol–water partition coefficient (Wildman–Crippen LogP) is 4.11. The molecule has 0 aromatic heterocycles. The summed E-state index contributed by atoms with van der Waals surface area (Å²) in [6, 6.07) is 0. The molecular formula is C24H41NO5. The Hall–Kier alpha value is -1.59. The van der Waals surface area contributed by atoms with E-state index in [0.29, 0.717) is 29.6 Å². The van der Waals surface area contributed by atoms with Crippen molar-refractivity contribution >= 4 is 17.8 Å². The van der Waals surface area contributed by atoms with Crippen molar-refractivity contribution in [3.8, 4) is 0 Å². The molecule has 0 spiro atoms. The van der Waals surface area contributed by atoms with Gasteiger partial charge in [-0.15, -0.1) is 0 Å². The van der Waals surface area contributed by atoms with E-state index in [0.717, 1.165) is 38.5 Å². The Kier molecular flexibility index (Phi) is 9.17. The average Bonchev–Trinajstić information content (AvgIpc) is 2.65. The summed E-state index contributed by atoms with van der Waals surface area (Å²) in [4.78, 5) is 36.8. The normalized spacial score (nSPS) is 32.0. The van der Waals surface area contributed by atoms with Crippen LogP contribution in [-0.4, -0.2) is 36.6 Å². The molecule has 0 aliphatic heterocycles. The quantitative estimate of drug-likeness (QED) is 0.513. The molecule has 0 bridgehead atoms. The van der Waals surface area contributed by atoms with Crippen LogP contribution in [0.4, 0.5) is 0 Å². The number of carbonyl (C=O) groups is 3. The highest BCUT2D eigenvalue weighted by Crippen LogP contribution is 2.36. The smallest absolute Gasteiger partial charge is 0.397 e. The third-order valence-electron chi connectivity index (χ3n) is 7.04. The first kappa shape index (κ1) is 24.7. The molecule has 0 saturated heterocycles. The summed E-state index contributed by atoms with van der Waals surface area (Å²) in [7, 11) is 0. The van der Waals surface area contributed by atoms with E-state index >= 15 is 0 Å². The maximum Gasteiger partial charge on any atom is 0.397 e. The summed E-state index contributed by atoms with van der Waals surface area (Å²) in [5.41, 5.74) is 0. The van der Waals surface area contributed by atoms with Gasteiger partial charge in [-0.2, -0.15) is 0 Å². The van der Waals surface area contributed by atoms with Gasteiger partial charge in [-0.25, -0.2) is 4.79 Å². The van der Waals surface area contributed by atoms with Gasteiger partial charge in [-0.3, -0.25) is 9.59 Å². The topological polar surface area (TPSA) is 81.7 Å². The van der Waals surface area contributed by atoms with Crippen LogP contribution in [0.3, 0.4) is 0 Å². The van der Waals surface area contributed by atoms with E-state index < -0.39 is 17.8 Å². The molecule has 2 aliphatic carbocycles. The molecule has 1 N–H and O–H groups in total. The molecule has 2 aliphatic rings. The van der Waals surface area contributed by atoms with Gasteiger partial charge >= 0.3 is 17.8 Å². The summed E-state index contributed by atoms with van der Waals surface area (Å²) in [5, 5.41) is 2.38. The lowest BCUT2D eigenvalue weighted by Crippen LogP contribution is -2.43. The number of hydrogen-bond donors (Lipinski definition) is 1. The van der Waals surface area contributed by atoms with Crippen molar-refractivity contribution < 1.29 is 23.9 Å². The van der Waals surface area contributed by atoms with Crippen molar-refractivity contribution in [2.45, 2.75) is 92.3 Å². The second kappa shape index (κ2) is 11.1. The second-order valence-corrected chi connectivity index (χ2v) is 10.3. The Balaban J connectivity index is 1.82. The van der Waals surface area contributed by atoms with Crippen LogP contribution in [0.2, 0.25) is 0 Å². The fourth-order valence-electron chi connectivity index (χ4n) is 5.13. The van der Waals surface area contributed by atoms with Gasteiger partial charge < -0.3 is 14.8 Å². The Morgan fingerprint density at radius 3 is 1.73 bits per heavy atom. The molecule has 0 aromatic rings. The number of carbonyl (C=O) groups excluding carboxylic acids is 3. The molecular weight excluding hydrogens is 382 g/mol. The first-order valence-corrected chi connectivity index (χ1v) is 11.8. The Labute approximate surface area is 181 Å². The van der Waals surface area contributed by atoms with Gasteiger partial charge in [0.05, 0.1) is 0 Å². The number of rotatable bonds is 6. The minimum absolute atomic E-state index is 0.124.